The Morgan fingerprint density at radius 1 is 0.817 bits per heavy atom. The molecule has 6 aromatic rings. The van der Waals surface area contributed by atoms with Crippen molar-refractivity contribution in [2.45, 2.75) is 211 Å². The van der Waals surface area contributed by atoms with Gasteiger partial charge in [0, 0.05) is 86.4 Å². The van der Waals surface area contributed by atoms with E-state index in [1.165, 1.54) is 36.6 Å². The lowest BCUT2D eigenvalue weighted by Crippen LogP contribution is -2.81. The standard InChI is InChI=1S/C79H96N6O19/c1-44(2)53-38-55(58(88)40-57(53)87)71-80-81-74(97)85(71)52-21-22-56-50(37-52)28-34-83(56)33-27-47-25-31-82(32-26-47)51-29-35-84(36-30-51)62(90)23-24-63(91)101-67(54(48-17-13-11-14-18-48)39-64(92)104-75(5,6)7)73(96)100-59-42-79(98)70(102-72(95)49-19-15-12-16-20-49)68-77(10,69(94)66(93)65(45(59)3)76(79,8)9)60(89)41-61-78(68,43-99-61)103-46(4)86/h11-22,28,34,37-38,40,44,47,51,54,59-61,66-68,70,87-89,93,98H,23-27,29-33,35-36,39,41-43H2,1-10H3,(H,81,97)/t54-,59-,60-,61+,66+,67+,68-,70-,77+,78-,79+/m0/s1. The van der Waals surface area contributed by atoms with E-state index in [1.54, 1.807) is 94.1 Å². The van der Waals surface area contributed by atoms with Crippen molar-refractivity contribution < 1.29 is 87.5 Å². The van der Waals surface area contributed by atoms with Crippen LogP contribution < -0.4 is 5.69 Å². The van der Waals surface area contributed by atoms with Gasteiger partial charge >= 0.3 is 35.5 Å². The molecule has 2 saturated carbocycles. The van der Waals surface area contributed by atoms with Crippen LogP contribution in [-0.2, 0) is 63.7 Å². The molecule has 4 aromatic carbocycles. The number of aromatic hydroxyl groups is 2. The topological polar surface area (TPSA) is 338 Å². The van der Waals surface area contributed by atoms with Gasteiger partial charge in [0.05, 0.1) is 53.7 Å². The zero-order valence-electron chi connectivity index (χ0n) is 60.7. The predicted molar refractivity (Wildman–Crippen MR) is 379 cm³/mol. The molecule has 25 nitrogen and oxygen atoms in total. The quantitative estimate of drug-likeness (QED) is 0.0236. The van der Waals surface area contributed by atoms with E-state index in [9.17, 15) is 54.3 Å². The molecule has 1 amide bonds. The third-order valence-corrected chi connectivity index (χ3v) is 23.1. The van der Waals surface area contributed by atoms with E-state index in [2.05, 4.69) is 25.9 Å². The zero-order valence-corrected chi connectivity index (χ0v) is 60.7. The maximum atomic E-state index is 15.5. The lowest BCUT2D eigenvalue weighted by Gasteiger charge is -2.67. The Morgan fingerprint density at radius 2 is 1.50 bits per heavy atom. The van der Waals surface area contributed by atoms with Gasteiger partial charge in [-0.25, -0.2) is 24.0 Å². The molecule has 6 aliphatic rings. The number of fused-ring (bicyclic) bond motifs is 6. The maximum absolute atomic E-state index is 15.5. The van der Waals surface area contributed by atoms with Gasteiger partial charge in [-0.15, -0.1) is 0 Å². The monoisotopic (exact) mass is 1430 g/mol. The van der Waals surface area contributed by atoms with E-state index in [0.717, 1.165) is 69.6 Å². The highest BCUT2D eigenvalue weighted by Crippen LogP contribution is 2.64. The van der Waals surface area contributed by atoms with E-state index in [4.69, 9.17) is 28.4 Å². The molecule has 0 radical (unpaired) electrons. The summed E-state index contributed by atoms with van der Waals surface area (Å²) >= 11 is 0. The molecule has 104 heavy (non-hydrogen) atoms. The van der Waals surface area contributed by atoms with E-state index in [1.807, 2.05) is 38.1 Å². The third-order valence-electron chi connectivity index (χ3n) is 23.1. The number of nitrogens with zero attached hydrogens (tertiary/aromatic N) is 5. The van der Waals surface area contributed by atoms with Crippen molar-refractivity contribution in [1.29, 1.82) is 0 Å². The van der Waals surface area contributed by atoms with Crippen molar-refractivity contribution in [2.24, 2.45) is 22.7 Å². The van der Waals surface area contributed by atoms with Gasteiger partial charge in [-0.3, -0.25) is 24.0 Å². The van der Waals surface area contributed by atoms with Gasteiger partial charge in [0.1, 0.15) is 47.1 Å². The minimum atomic E-state index is -2.47. The first-order valence-corrected chi connectivity index (χ1v) is 36.2. The number of esters is 5. The summed E-state index contributed by atoms with van der Waals surface area (Å²) in [6, 6.07) is 27.1. The summed E-state index contributed by atoms with van der Waals surface area (Å²) in [6.07, 6.45) is -5.76. The molecule has 12 rings (SSSR count). The number of phenolic OH excluding ortho intramolecular Hbond substituents is 2. The number of aliphatic hydroxyl groups is 3. The number of ketones is 1. The van der Waals surface area contributed by atoms with Crippen molar-refractivity contribution in [1.82, 2.24) is 29.1 Å². The molecule has 25 heteroatoms. The number of phenols is 2. The van der Waals surface area contributed by atoms with Crippen molar-refractivity contribution in [3.8, 4) is 28.6 Å². The number of piperidine rings is 2. The van der Waals surface area contributed by atoms with Gasteiger partial charge in [-0.1, -0.05) is 76.2 Å². The molecule has 3 aliphatic carbocycles. The number of carbonyl (C=O) groups excluding carboxylic acids is 7. The minimum absolute atomic E-state index is 0.0385. The fourth-order valence-corrected chi connectivity index (χ4v) is 17.4. The van der Waals surface area contributed by atoms with Crippen LogP contribution in [0.15, 0.2) is 119 Å². The summed E-state index contributed by atoms with van der Waals surface area (Å²) in [5.41, 5.74) is -6.64. The largest absolute Gasteiger partial charge is 0.508 e. The second kappa shape index (κ2) is 29.1. The highest BCUT2D eigenvalue weighted by Gasteiger charge is 2.78. The van der Waals surface area contributed by atoms with Crippen molar-refractivity contribution in [3.05, 3.63) is 142 Å². The van der Waals surface area contributed by atoms with E-state index in [-0.39, 0.29) is 71.3 Å². The fourth-order valence-electron chi connectivity index (χ4n) is 17.4. The molecule has 2 aromatic heterocycles. The number of likely N-dealkylation sites (tertiary alicyclic amines) is 2. The number of amides is 1. The number of aliphatic hydroxyl groups excluding tert-OH is 2. The lowest BCUT2D eigenvalue weighted by atomic mass is 9.44. The first-order chi connectivity index (χ1) is 49.2. The Morgan fingerprint density at radius 3 is 2.14 bits per heavy atom. The maximum Gasteiger partial charge on any atom is 0.348 e. The van der Waals surface area contributed by atoms with Gasteiger partial charge < -0.3 is 68.3 Å². The highest BCUT2D eigenvalue weighted by molar-refractivity contribution is 5.94. The number of rotatable bonds is 20. The highest BCUT2D eigenvalue weighted by atomic mass is 16.6. The molecular weight excluding hydrogens is 1340 g/mol. The van der Waals surface area contributed by atoms with Crippen molar-refractivity contribution >= 4 is 52.4 Å². The first kappa shape index (κ1) is 74.7. The van der Waals surface area contributed by atoms with Crippen LogP contribution in [0.5, 0.6) is 11.5 Å². The normalized spacial score (nSPS) is 26.4. The molecule has 5 heterocycles. The molecule has 5 fully saturated rings. The molecular formula is C79H96N6O19. The Kier molecular flexibility index (Phi) is 20.9. The van der Waals surface area contributed by atoms with Crippen molar-refractivity contribution in [3.63, 3.8) is 0 Å². The second-order valence-corrected chi connectivity index (χ2v) is 31.2. The SMILES string of the molecule is CC(=O)O[C@@]12CO[C@@H]1C[C@H](O)[C@@]1(C)C(=O)[C@H](O)C3=C(C)[C@@H](OC(=O)[C@H](OC(=O)CCC(=O)N4CCC(N5CCC(CCn6ccc7cc(-n8c(-c9cc(C(C)C)c(O)cc9O)n[nH]c8=O)ccc76)CC5)CC4)[C@@H](CC(=O)OC(C)(C)C)c4ccccc4)C[C@@](O)([C@@H](OC(=O)c4ccccc4)[C@H]21)C3(C)C. The van der Waals surface area contributed by atoms with Gasteiger partial charge in [0.2, 0.25) is 12.0 Å². The third kappa shape index (κ3) is 14.1. The molecule has 11 atom stereocenters. The number of H-pyrrole nitrogens is 1. The number of carbonyl (C=O) groups is 7. The summed E-state index contributed by atoms with van der Waals surface area (Å²) < 4.78 is 40.6. The first-order valence-electron chi connectivity index (χ1n) is 36.2. The number of benzene rings is 4. The molecule has 0 spiro atoms. The van der Waals surface area contributed by atoms with Crippen LogP contribution in [0.3, 0.4) is 0 Å². The second-order valence-electron chi connectivity index (χ2n) is 31.2. The smallest absolute Gasteiger partial charge is 0.348 e. The Balaban J connectivity index is 0.719. The summed E-state index contributed by atoms with van der Waals surface area (Å²) in [4.78, 5) is 119. The average molecular weight is 1430 g/mol. The number of aromatic nitrogens is 4. The average Bonchev–Trinajstić information content (AvgIpc) is 0.730. The molecule has 0 unspecified atom stereocenters. The molecule has 3 aliphatic heterocycles. The van der Waals surface area contributed by atoms with Crippen LogP contribution >= 0.6 is 0 Å². The number of hydrogen-bond acceptors (Lipinski definition) is 21. The van der Waals surface area contributed by atoms with Gasteiger partial charge in [-0.05, 0) is 156 Å². The molecule has 3 saturated heterocycles. The van der Waals surface area contributed by atoms with Gasteiger partial charge in [0.15, 0.2) is 17.2 Å². The van der Waals surface area contributed by atoms with Gasteiger partial charge in [0.25, 0.3) is 0 Å². The van der Waals surface area contributed by atoms with E-state index >= 15 is 9.59 Å². The van der Waals surface area contributed by atoms with Crippen LogP contribution in [0.25, 0.3) is 28.0 Å². The molecule has 2 bridgehead atoms. The predicted octanol–water partition coefficient (Wildman–Crippen LogP) is 8.66. The summed E-state index contributed by atoms with van der Waals surface area (Å²) in [7, 11) is 0. The van der Waals surface area contributed by atoms with Gasteiger partial charge in [-0.2, -0.15) is 5.10 Å². The summed E-state index contributed by atoms with van der Waals surface area (Å²) in [6.45, 7) is 19.2. The number of ether oxygens (including phenoxy) is 6. The van der Waals surface area contributed by atoms with Crippen LogP contribution in [0.4, 0.5) is 0 Å². The number of hydrogen-bond donors (Lipinski definition) is 6. The fraction of sp³-hybridized carbons (Fsp3) is 0.532. The summed E-state index contributed by atoms with van der Waals surface area (Å²) in [5, 5.41) is 67.8. The number of Topliss-reactive ketones (excluding diaryl/α,β-unsaturated/α-hetero) is 1. The Bertz CT molecular complexity index is 4350. The van der Waals surface area contributed by atoms with E-state index < -0.39 is 137 Å². The Hall–Kier alpha value is -9.01. The minimum Gasteiger partial charge on any atom is -0.508 e. The summed E-state index contributed by atoms with van der Waals surface area (Å²) in [5.74, 6) is -8.38. The number of aromatic amines is 1. The number of aryl methyl sites for hydroxylation is 1. The number of nitrogens with one attached hydrogen (secondary N) is 1. The molecule has 556 valence electrons. The Labute approximate surface area is 603 Å². The van der Waals surface area contributed by atoms with Crippen LogP contribution in [0.1, 0.15) is 167 Å². The molecule has 6 N–H and O–H groups in total. The van der Waals surface area contributed by atoms with Crippen LogP contribution in [-0.4, -0.2) is 188 Å². The zero-order chi connectivity index (χ0) is 74.7. The van der Waals surface area contributed by atoms with Crippen LogP contribution in [0.2, 0.25) is 0 Å². The van der Waals surface area contributed by atoms with Crippen LogP contribution in [0, 0.1) is 22.7 Å². The van der Waals surface area contributed by atoms with Crippen molar-refractivity contribution in [2.75, 3.05) is 32.8 Å². The van der Waals surface area contributed by atoms with E-state index in [0.29, 0.717) is 41.4 Å². The lowest BCUT2D eigenvalue weighted by molar-refractivity contribution is -0.346.